The Bertz CT molecular complexity index is 404. The topological polar surface area (TPSA) is 99.8 Å². The molecule has 80 valence electrons. The molecule has 0 saturated carbocycles. The van der Waals surface area contributed by atoms with Gasteiger partial charge in [-0.25, -0.2) is 0 Å². The number of nitrogens with one attached hydrogen (secondary N) is 3. The molecule has 1 atom stereocenters. The number of carbonyl (C=O) groups is 2. The SMILES string of the molecule is Cc1nc(NC(=O)C2CSC(=O)N2)n[nH]1. The molecule has 1 fully saturated rings. The highest BCUT2D eigenvalue weighted by molar-refractivity contribution is 8.14. The molecule has 8 heteroatoms. The van der Waals surface area contributed by atoms with Crippen LogP contribution in [0.15, 0.2) is 0 Å². The van der Waals surface area contributed by atoms with Gasteiger partial charge < -0.3 is 5.32 Å². The van der Waals surface area contributed by atoms with E-state index in [2.05, 4.69) is 25.8 Å². The number of hydrogen-bond acceptors (Lipinski definition) is 5. The van der Waals surface area contributed by atoms with E-state index < -0.39 is 6.04 Å². The number of aromatic amines is 1. The third-order valence-electron chi connectivity index (χ3n) is 1.82. The number of carbonyl (C=O) groups excluding carboxylic acids is 2. The van der Waals surface area contributed by atoms with Crippen LogP contribution in [-0.4, -0.2) is 38.1 Å². The molecule has 1 unspecified atom stereocenters. The molecule has 1 aliphatic heterocycles. The van der Waals surface area contributed by atoms with E-state index in [0.717, 1.165) is 11.8 Å². The van der Waals surface area contributed by atoms with Crippen LogP contribution < -0.4 is 10.6 Å². The lowest BCUT2D eigenvalue weighted by Crippen LogP contribution is -2.38. The summed E-state index contributed by atoms with van der Waals surface area (Å²) >= 11 is 1.09. The molecular formula is C7H9N5O2S. The van der Waals surface area contributed by atoms with E-state index in [0.29, 0.717) is 11.6 Å². The molecule has 2 rings (SSSR count). The van der Waals surface area contributed by atoms with Crippen molar-refractivity contribution in [2.75, 3.05) is 11.1 Å². The molecule has 0 bridgehead atoms. The van der Waals surface area contributed by atoms with Gasteiger partial charge in [0.2, 0.25) is 11.9 Å². The molecule has 0 aromatic carbocycles. The minimum Gasteiger partial charge on any atom is -0.334 e. The first kappa shape index (κ1) is 9.97. The monoisotopic (exact) mass is 227 g/mol. The molecule has 0 spiro atoms. The predicted molar refractivity (Wildman–Crippen MR) is 54.5 cm³/mol. The zero-order chi connectivity index (χ0) is 10.8. The van der Waals surface area contributed by atoms with E-state index in [4.69, 9.17) is 0 Å². The molecule has 15 heavy (non-hydrogen) atoms. The standard InChI is InChI=1S/C7H9N5O2S/c1-3-8-6(12-11-3)10-5(13)4-2-15-7(14)9-4/h4H,2H2,1H3,(H,9,14)(H2,8,10,11,12,13). The van der Waals surface area contributed by atoms with Gasteiger partial charge in [0.05, 0.1) is 0 Å². The summed E-state index contributed by atoms with van der Waals surface area (Å²) in [6.07, 6.45) is 0. The maximum atomic E-state index is 11.5. The molecule has 1 aliphatic rings. The molecule has 3 N–H and O–H groups in total. The number of H-pyrrole nitrogens is 1. The van der Waals surface area contributed by atoms with Gasteiger partial charge in [-0.1, -0.05) is 11.8 Å². The Balaban J connectivity index is 1.95. The van der Waals surface area contributed by atoms with Gasteiger partial charge >= 0.3 is 0 Å². The van der Waals surface area contributed by atoms with Crippen molar-refractivity contribution in [1.29, 1.82) is 0 Å². The van der Waals surface area contributed by atoms with E-state index in [1.165, 1.54) is 0 Å². The van der Waals surface area contributed by atoms with Crippen molar-refractivity contribution in [2.24, 2.45) is 0 Å². The highest BCUT2D eigenvalue weighted by Gasteiger charge is 2.28. The predicted octanol–water partition coefficient (Wildman–Crippen LogP) is -0.123. The van der Waals surface area contributed by atoms with Gasteiger partial charge in [0, 0.05) is 5.75 Å². The first-order valence-electron chi connectivity index (χ1n) is 4.28. The number of aromatic nitrogens is 3. The third-order valence-corrected chi connectivity index (χ3v) is 2.70. The second-order valence-electron chi connectivity index (χ2n) is 3.03. The van der Waals surface area contributed by atoms with E-state index in [1.807, 2.05) is 0 Å². The molecule has 0 radical (unpaired) electrons. The van der Waals surface area contributed by atoms with Gasteiger partial charge in [-0.3, -0.25) is 20.0 Å². The summed E-state index contributed by atoms with van der Waals surface area (Å²) in [6, 6.07) is -0.499. The van der Waals surface area contributed by atoms with Crippen LogP contribution in [0.1, 0.15) is 5.82 Å². The van der Waals surface area contributed by atoms with Crippen molar-refractivity contribution in [3.8, 4) is 0 Å². The quantitative estimate of drug-likeness (QED) is 0.654. The Morgan fingerprint density at radius 3 is 3.00 bits per heavy atom. The number of anilines is 1. The Morgan fingerprint density at radius 1 is 1.67 bits per heavy atom. The van der Waals surface area contributed by atoms with Crippen molar-refractivity contribution in [3.05, 3.63) is 5.82 Å². The van der Waals surface area contributed by atoms with Gasteiger partial charge in [0.15, 0.2) is 0 Å². The number of nitrogens with zero attached hydrogens (tertiary/aromatic N) is 2. The molecule has 2 heterocycles. The molecule has 0 aliphatic carbocycles. The van der Waals surface area contributed by atoms with Gasteiger partial charge in [0.1, 0.15) is 11.9 Å². The summed E-state index contributed by atoms with van der Waals surface area (Å²) in [6.45, 7) is 1.73. The van der Waals surface area contributed by atoms with Crippen LogP contribution in [0.4, 0.5) is 10.7 Å². The van der Waals surface area contributed by atoms with Crippen molar-refractivity contribution in [2.45, 2.75) is 13.0 Å². The fourth-order valence-electron chi connectivity index (χ4n) is 1.12. The lowest BCUT2D eigenvalue weighted by molar-refractivity contribution is -0.117. The number of hydrogen-bond donors (Lipinski definition) is 3. The van der Waals surface area contributed by atoms with Crippen LogP contribution in [-0.2, 0) is 4.79 Å². The maximum absolute atomic E-state index is 11.5. The minimum atomic E-state index is -0.499. The molecule has 7 nitrogen and oxygen atoms in total. The van der Waals surface area contributed by atoms with Crippen molar-refractivity contribution < 1.29 is 9.59 Å². The molecule has 1 aromatic rings. The summed E-state index contributed by atoms with van der Waals surface area (Å²) in [5, 5.41) is 11.2. The lowest BCUT2D eigenvalue weighted by atomic mass is 10.3. The molecule has 2 amide bonds. The van der Waals surface area contributed by atoms with Crippen molar-refractivity contribution in [3.63, 3.8) is 0 Å². The lowest BCUT2D eigenvalue weighted by Gasteiger charge is -2.06. The molecule has 1 saturated heterocycles. The highest BCUT2D eigenvalue weighted by Crippen LogP contribution is 2.13. The first-order chi connectivity index (χ1) is 7.15. The van der Waals surface area contributed by atoms with E-state index in [9.17, 15) is 9.59 Å². The number of amides is 2. The van der Waals surface area contributed by atoms with Crippen LogP contribution in [0.25, 0.3) is 0 Å². The Kier molecular flexibility index (Phi) is 2.58. The van der Waals surface area contributed by atoms with Crippen LogP contribution in [0, 0.1) is 6.92 Å². The summed E-state index contributed by atoms with van der Waals surface area (Å²) in [5.74, 6) is 0.986. The van der Waals surface area contributed by atoms with Crippen LogP contribution in [0.5, 0.6) is 0 Å². The van der Waals surface area contributed by atoms with Gasteiger partial charge in [-0.15, -0.1) is 5.10 Å². The molecule has 1 aromatic heterocycles. The van der Waals surface area contributed by atoms with Crippen LogP contribution >= 0.6 is 11.8 Å². The number of aryl methyl sites for hydroxylation is 1. The number of thioether (sulfide) groups is 1. The van der Waals surface area contributed by atoms with Crippen molar-refractivity contribution >= 4 is 28.9 Å². The third kappa shape index (κ3) is 2.27. The average Bonchev–Trinajstić information content (AvgIpc) is 2.75. The largest absolute Gasteiger partial charge is 0.334 e. The summed E-state index contributed by atoms with van der Waals surface area (Å²) in [5.41, 5.74) is 0. The second-order valence-corrected chi connectivity index (χ2v) is 4.02. The van der Waals surface area contributed by atoms with Gasteiger partial charge in [0.25, 0.3) is 5.24 Å². The zero-order valence-electron chi connectivity index (χ0n) is 7.90. The highest BCUT2D eigenvalue weighted by atomic mass is 32.2. The summed E-state index contributed by atoms with van der Waals surface area (Å²) < 4.78 is 0. The summed E-state index contributed by atoms with van der Waals surface area (Å²) in [4.78, 5) is 26.3. The maximum Gasteiger partial charge on any atom is 0.279 e. The number of rotatable bonds is 2. The van der Waals surface area contributed by atoms with E-state index in [-0.39, 0.29) is 17.1 Å². The first-order valence-corrected chi connectivity index (χ1v) is 5.27. The summed E-state index contributed by atoms with van der Waals surface area (Å²) in [7, 11) is 0. The molecular weight excluding hydrogens is 218 g/mol. The van der Waals surface area contributed by atoms with Gasteiger partial charge in [-0.05, 0) is 6.92 Å². The Labute approximate surface area is 89.4 Å². The second kappa shape index (κ2) is 3.89. The minimum absolute atomic E-state index is 0.179. The fraction of sp³-hybridized carbons (Fsp3) is 0.429. The van der Waals surface area contributed by atoms with Crippen LogP contribution in [0.2, 0.25) is 0 Å². The Hall–Kier alpha value is -1.57. The van der Waals surface area contributed by atoms with E-state index in [1.54, 1.807) is 6.92 Å². The normalized spacial score (nSPS) is 20.1. The van der Waals surface area contributed by atoms with Crippen molar-refractivity contribution in [1.82, 2.24) is 20.5 Å². The fourth-order valence-corrected chi connectivity index (χ4v) is 1.90. The van der Waals surface area contributed by atoms with E-state index >= 15 is 0 Å². The smallest absolute Gasteiger partial charge is 0.279 e. The van der Waals surface area contributed by atoms with Gasteiger partial charge in [-0.2, -0.15) is 4.98 Å². The average molecular weight is 227 g/mol. The van der Waals surface area contributed by atoms with Crippen LogP contribution in [0.3, 0.4) is 0 Å². The zero-order valence-corrected chi connectivity index (χ0v) is 8.72. The Morgan fingerprint density at radius 2 is 2.47 bits per heavy atom.